The van der Waals surface area contributed by atoms with Gasteiger partial charge in [-0.1, -0.05) is 17.7 Å². The van der Waals surface area contributed by atoms with Crippen molar-refractivity contribution in [1.29, 1.82) is 0 Å². The van der Waals surface area contributed by atoms with E-state index < -0.39 is 34.5 Å². The second kappa shape index (κ2) is 7.86. The summed E-state index contributed by atoms with van der Waals surface area (Å²) in [4.78, 5) is 21.8. The standard InChI is InChI=1S/C18H16ClF4N5O/c1-9-15(24)13(27-17-25-7-10(20)8-26-17)5-6-28(9)16(29)11-3-2-4-12(14(11)19)18(21,22)23/h2-4,7-9H,5-6,24H2,1H3,(H,25,26,27). The van der Waals surface area contributed by atoms with Gasteiger partial charge < -0.3 is 16.0 Å². The molecule has 154 valence electrons. The Hall–Kier alpha value is -2.88. The summed E-state index contributed by atoms with van der Waals surface area (Å²) in [6, 6.07) is 2.57. The number of amides is 1. The Balaban J connectivity index is 1.84. The molecule has 0 saturated heterocycles. The summed E-state index contributed by atoms with van der Waals surface area (Å²) in [5.74, 6) is -1.12. The van der Waals surface area contributed by atoms with E-state index in [4.69, 9.17) is 17.3 Å². The highest BCUT2D eigenvalue weighted by Gasteiger charge is 2.36. The zero-order chi connectivity index (χ0) is 21.3. The lowest BCUT2D eigenvalue weighted by atomic mass is 10.0. The molecule has 2 aromatic rings. The van der Waals surface area contributed by atoms with Gasteiger partial charge in [0.05, 0.1) is 40.3 Å². The van der Waals surface area contributed by atoms with E-state index in [9.17, 15) is 22.4 Å². The fourth-order valence-electron chi connectivity index (χ4n) is 2.98. The summed E-state index contributed by atoms with van der Waals surface area (Å²) in [6.45, 7) is 1.82. The van der Waals surface area contributed by atoms with Crippen molar-refractivity contribution in [2.45, 2.75) is 25.6 Å². The van der Waals surface area contributed by atoms with Crippen LogP contribution in [0, 0.1) is 5.82 Å². The molecule has 0 bridgehead atoms. The van der Waals surface area contributed by atoms with Gasteiger partial charge >= 0.3 is 6.18 Å². The van der Waals surface area contributed by atoms with Crippen molar-refractivity contribution in [3.05, 3.63) is 64.0 Å². The highest BCUT2D eigenvalue weighted by molar-refractivity contribution is 6.34. The van der Waals surface area contributed by atoms with Crippen LogP contribution in [0.1, 0.15) is 29.3 Å². The SMILES string of the molecule is CC1C(N)=C(Nc2ncc(F)cn2)CCN1C(=O)c1cccc(C(F)(F)F)c1Cl. The topological polar surface area (TPSA) is 84.1 Å². The molecule has 3 N–H and O–H groups in total. The molecule has 0 aliphatic carbocycles. The third-order valence-corrected chi connectivity index (χ3v) is 4.95. The van der Waals surface area contributed by atoms with E-state index >= 15 is 0 Å². The maximum absolute atomic E-state index is 13.1. The average Bonchev–Trinajstić information content (AvgIpc) is 2.66. The van der Waals surface area contributed by atoms with Crippen LogP contribution >= 0.6 is 11.6 Å². The van der Waals surface area contributed by atoms with Gasteiger partial charge in [-0.05, 0) is 19.1 Å². The lowest BCUT2D eigenvalue weighted by Crippen LogP contribution is -2.46. The van der Waals surface area contributed by atoms with Crippen LogP contribution in [0.25, 0.3) is 0 Å². The zero-order valence-corrected chi connectivity index (χ0v) is 15.9. The van der Waals surface area contributed by atoms with E-state index in [1.165, 1.54) is 11.0 Å². The Bertz CT molecular complexity index is 962. The second-order valence-corrected chi connectivity index (χ2v) is 6.75. The predicted octanol–water partition coefficient (Wildman–Crippen LogP) is 3.80. The number of nitrogens with one attached hydrogen (secondary N) is 1. The minimum atomic E-state index is -4.67. The molecule has 1 atom stereocenters. The Morgan fingerprint density at radius 1 is 1.31 bits per heavy atom. The lowest BCUT2D eigenvalue weighted by Gasteiger charge is -2.35. The molecule has 6 nitrogen and oxygen atoms in total. The van der Waals surface area contributed by atoms with Crippen molar-refractivity contribution in [2.24, 2.45) is 5.73 Å². The number of nitrogens with zero attached hydrogens (tertiary/aromatic N) is 3. The summed E-state index contributed by atoms with van der Waals surface area (Å²) < 4.78 is 52.2. The molecule has 1 unspecified atom stereocenters. The molecule has 1 aliphatic rings. The van der Waals surface area contributed by atoms with Crippen LogP contribution < -0.4 is 11.1 Å². The third-order valence-electron chi connectivity index (χ3n) is 4.55. The lowest BCUT2D eigenvalue weighted by molar-refractivity contribution is -0.137. The second-order valence-electron chi connectivity index (χ2n) is 6.37. The number of carbonyl (C=O) groups is 1. The van der Waals surface area contributed by atoms with E-state index in [0.29, 0.717) is 11.4 Å². The van der Waals surface area contributed by atoms with Gasteiger partial charge in [-0.25, -0.2) is 14.4 Å². The van der Waals surface area contributed by atoms with Gasteiger partial charge in [0.25, 0.3) is 5.91 Å². The maximum Gasteiger partial charge on any atom is 0.417 e. The van der Waals surface area contributed by atoms with Crippen molar-refractivity contribution < 1.29 is 22.4 Å². The van der Waals surface area contributed by atoms with Crippen molar-refractivity contribution in [1.82, 2.24) is 14.9 Å². The van der Waals surface area contributed by atoms with Gasteiger partial charge in [-0.15, -0.1) is 0 Å². The van der Waals surface area contributed by atoms with Gasteiger partial charge in [0.1, 0.15) is 0 Å². The minimum Gasteiger partial charge on any atom is -0.399 e. The first kappa shape index (κ1) is 20.8. The first-order chi connectivity index (χ1) is 13.6. The van der Waals surface area contributed by atoms with Crippen LogP contribution in [-0.2, 0) is 6.18 Å². The highest BCUT2D eigenvalue weighted by atomic mass is 35.5. The number of hydrogen-bond donors (Lipinski definition) is 2. The summed E-state index contributed by atoms with van der Waals surface area (Å²) in [5.41, 5.74) is 5.64. The van der Waals surface area contributed by atoms with Gasteiger partial charge in [-0.2, -0.15) is 13.2 Å². The van der Waals surface area contributed by atoms with Crippen molar-refractivity contribution in [3.8, 4) is 0 Å². The molecular weight excluding hydrogens is 414 g/mol. The Kier molecular flexibility index (Phi) is 5.65. The van der Waals surface area contributed by atoms with Gasteiger partial charge in [-0.3, -0.25) is 4.79 Å². The quantitative estimate of drug-likeness (QED) is 0.725. The molecular formula is C18H16ClF4N5O. The van der Waals surface area contributed by atoms with Crippen LogP contribution in [0.5, 0.6) is 0 Å². The van der Waals surface area contributed by atoms with Crippen LogP contribution in [-0.4, -0.2) is 33.4 Å². The summed E-state index contributed by atoms with van der Waals surface area (Å²) >= 11 is 5.87. The van der Waals surface area contributed by atoms with E-state index in [0.717, 1.165) is 24.5 Å². The van der Waals surface area contributed by atoms with Gasteiger partial charge in [0, 0.05) is 18.7 Å². The smallest absolute Gasteiger partial charge is 0.399 e. The van der Waals surface area contributed by atoms with Gasteiger partial charge in [0.2, 0.25) is 5.95 Å². The summed E-state index contributed by atoms with van der Waals surface area (Å²) in [6.07, 6.45) is -2.42. The molecule has 0 saturated carbocycles. The predicted molar refractivity (Wildman–Crippen MR) is 98.4 cm³/mol. The molecule has 1 aromatic heterocycles. The Morgan fingerprint density at radius 2 is 1.97 bits per heavy atom. The number of aromatic nitrogens is 2. The molecule has 1 amide bonds. The number of carbonyl (C=O) groups excluding carboxylic acids is 1. The van der Waals surface area contributed by atoms with E-state index in [1.807, 2.05) is 0 Å². The molecule has 0 radical (unpaired) electrons. The van der Waals surface area contributed by atoms with Gasteiger partial charge in [0.15, 0.2) is 5.82 Å². The largest absolute Gasteiger partial charge is 0.417 e. The van der Waals surface area contributed by atoms with Crippen molar-refractivity contribution in [3.63, 3.8) is 0 Å². The number of nitrogens with two attached hydrogens (primary N) is 1. The van der Waals surface area contributed by atoms with Crippen molar-refractivity contribution in [2.75, 3.05) is 11.9 Å². The van der Waals surface area contributed by atoms with Crippen LogP contribution in [0.15, 0.2) is 42.0 Å². The number of rotatable bonds is 3. The Morgan fingerprint density at radius 3 is 2.59 bits per heavy atom. The Labute approximate surface area is 168 Å². The fraction of sp³-hybridized carbons (Fsp3) is 0.278. The summed E-state index contributed by atoms with van der Waals surface area (Å²) in [5, 5.41) is 2.23. The minimum absolute atomic E-state index is 0.136. The van der Waals surface area contributed by atoms with E-state index in [2.05, 4.69) is 15.3 Å². The monoisotopic (exact) mass is 429 g/mol. The molecule has 1 aliphatic heterocycles. The first-order valence-corrected chi connectivity index (χ1v) is 8.87. The third kappa shape index (κ3) is 4.26. The molecule has 1 aromatic carbocycles. The maximum atomic E-state index is 13.1. The average molecular weight is 430 g/mol. The summed E-state index contributed by atoms with van der Waals surface area (Å²) in [7, 11) is 0. The van der Waals surface area contributed by atoms with Crippen molar-refractivity contribution >= 4 is 23.5 Å². The fourth-order valence-corrected chi connectivity index (χ4v) is 3.30. The van der Waals surface area contributed by atoms with Crippen LogP contribution in [0.2, 0.25) is 5.02 Å². The number of benzene rings is 1. The first-order valence-electron chi connectivity index (χ1n) is 8.49. The van der Waals surface area contributed by atoms with Crippen LogP contribution in [0.3, 0.4) is 0 Å². The zero-order valence-electron chi connectivity index (χ0n) is 15.1. The normalized spacial score (nSPS) is 17.4. The molecule has 0 spiro atoms. The number of halogens is 5. The highest BCUT2D eigenvalue weighted by Crippen LogP contribution is 2.37. The number of hydrogen-bond acceptors (Lipinski definition) is 5. The molecule has 11 heteroatoms. The van der Waals surface area contributed by atoms with E-state index in [-0.39, 0.29) is 24.5 Å². The molecule has 2 heterocycles. The van der Waals surface area contributed by atoms with E-state index in [1.54, 1.807) is 6.92 Å². The molecule has 3 rings (SSSR count). The molecule has 29 heavy (non-hydrogen) atoms. The van der Waals surface area contributed by atoms with Crippen LogP contribution in [0.4, 0.5) is 23.5 Å². The number of alkyl halides is 3. The number of anilines is 1. The molecule has 0 fully saturated rings.